The molecule has 146 valence electrons. The van der Waals surface area contributed by atoms with E-state index < -0.39 is 11.4 Å². The Morgan fingerprint density at radius 3 is 2.54 bits per heavy atom. The molecule has 0 N–H and O–H groups in total. The fourth-order valence-corrected chi connectivity index (χ4v) is 3.75. The van der Waals surface area contributed by atoms with Gasteiger partial charge >= 0.3 is 0 Å². The number of hydrogen-bond donors (Lipinski definition) is 0. The molecule has 0 spiro atoms. The van der Waals surface area contributed by atoms with Crippen molar-refractivity contribution in [2.45, 2.75) is 25.3 Å². The molecular formula is C21H21Cl2N3O2. The number of carbonyl (C=O) groups excluding carboxylic acids is 1. The summed E-state index contributed by atoms with van der Waals surface area (Å²) >= 11 is 12.5. The number of hydrogen-bond acceptors (Lipinski definition) is 3. The summed E-state index contributed by atoms with van der Waals surface area (Å²) in [5.41, 5.74) is 1.07. The van der Waals surface area contributed by atoms with Crippen LogP contribution in [0.3, 0.4) is 0 Å². The molecule has 28 heavy (non-hydrogen) atoms. The highest BCUT2D eigenvalue weighted by Crippen LogP contribution is 2.28. The average Bonchev–Trinajstić information content (AvgIpc) is 2.71. The van der Waals surface area contributed by atoms with E-state index in [2.05, 4.69) is 4.98 Å². The number of nitrogens with zero attached hydrogens (tertiary/aromatic N) is 3. The van der Waals surface area contributed by atoms with E-state index in [1.807, 2.05) is 44.2 Å². The zero-order chi connectivity index (χ0) is 20.4. The Morgan fingerprint density at radius 2 is 1.89 bits per heavy atom. The monoisotopic (exact) mass is 417 g/mol. The minimum atomic E-state index is -0.806. The molecule has 0 aliphatic carbocycles. The molecule has 2 unspecified atom stereocenters. The molecule has 0 radical (unpaired) electrons. The predicted molar refractivity (Wildman–Crippen MR) is 113 cm³/mol. The summed E-state index contributed by atoms with van der Waals surface area (Å²) in [6, 6.07) is 13.8. The van der Waals surface area contributed by atoms with Crippen LogP contribution in [0.5, 0.6) is 0 Å². The highest BCUT2D eigenvalue weighted by atomic mass is 35.5. The zero-order valence-electron chi connectivity index (χ0n) is 15.9. The minimum absolute atomic E-state index is 0.205. The van der Waals surface area contributed by atoms with Crippen LogP contribution < -0.4 is 5.56 Å². The number of aromatic nitrogens is 2. The lowest BCUT2D eigenvalue weighted by Gasteiger charge is -2.30. The fraction of sp³-hybridized carbons (Fsp3) is 0.286. The van der Waals surface area contributed by atoms with Crippen LogP contribution in [0.25, 0.3) is 10.9 Å². The van der Waals surface area contributed by atoms with Crippen molar-refractivity contribution in [3.05, 3.63) is 75.3 Å². The van der Waals surface area contributed by atoms with Crippen molar-refractivity contribution < 1.29 is 4.79 Å². The van der Waals surface area contributed by atoms with Crippen LogP contribution in [-0.4, -0.2) is 26.9 Å². The van der Waals surface area contributed by atoms with Crippen LogP contribution in [0.1, 0.15) is 36.7 Å². The van der Waals surface area contributed by atoms with E-state index in [0.29, 0.717) is 28.3 Å². The lowest BCUT2D eigenvalue weighted by Crippen LogP contribution is -2.38. The molecule has 3 aromatic rings. The summed E-state index contributed by atoms with van der Waals surface area (Å²) in [5, 5.41) is 0.116. The highest BCUT2D eigenvalue weighted by Gasteiger charge is 2.29. The fourth-order valence-electron chi connectivity index (χ4n) is 3.30. The van der Waals surface area contributed by atoms with E-state index in [4.69, 9.17) is 23.2 Å². The molecule has 5 nitrogen and oxygen atoms in total. The van der Waals surface area contributed by atoms with Gasteiger partial charge in [0.1, 0.15) is 11.2 Å². The van der Waals surface area contributed by atoms with Crippen LogP contribution in [0.15, 0.2) is 53.3 Å². The average molecular weight is 418 g/mol. The summed E-state index contributed by atoms with van der Waals surface area (Å²) in [7, 11) is 1.65. The molecule has 0 aliphatic rings. The largest absolute Gasteiger partial charge is 0.331 e. The molecule has 3 rings (SSSR count). The van der Waals surface area contributed by atoms with Crippen molar-refractivity contribution in [3.8, 4) is 0 Å². The van der Waals surface area contributed by atoms with Crippen LogP contribution in [0, 0.1) is 0 Å². The molecule has 0 fully saturated rings. The molecule has 1 amide bonds. The molecule has 1 aromatic heterocycles. The van der Waals surface area contributed by atoms with E-state index in [0.717, 1.165) is 5.56 Å². The first kappa shape index (κ1) is 20.4. The minimum Gasteiger partial charge on any atom is -0.331 e. The van der Waals surface area contributed by atoms with Gasteiger partial charge in [0, 0.05) is 18.6 Å². The van der Waals surface area contributed by atoms with Gasteiger partial charge in [0.25, 0.3) is 5.56 Å². The Balaban J connectivity index is 2.00. The van der Waals surface area contributed by atoms with Crippen molar-refractivity contribution in [1.29, 1.82) is 0 Å². The van der Waals surface area contributed by atoms with Gasteiger partial charge in [0.2, 0.25) is 5.91 Å². The zero-order valence-corrected chi connectivity index (χ0v) is 17.4. The molecule has 1 heterocycles. The van der Waals surface area contributed by atoms with E-state index >= 15 is 0 Å². The van der Waals surface area contributed by atoms with Crippen LogP contribution in [0.4, 0.5) is 0 Å². The van der Waals surface area contributed by atoms with Crippen LogP contribution in [0.2, 0.25) is 5.02 Å². The number of amides is 1. The number of alkyl halides is 1. The molecule has 0 saturated carbocycles. The molecule has 2 aromatic carbocycles. The Morgan fingerprint density at radius 1 is 1.21 bits per heavy atom. The van der Waals surface area contributed by atoms with Gasteiger partial charge in [-0.05, 0) is 37.6 Å². The second-order valence-electron chi connectivity index (χ2n) is 6.57. The Hall–Kier alpha value is -2.37. The van der Waals surface area contributed by atoms with Gasteiger partial charge in [0.05, 0.1) is 16.9 Å². The van der Waals surface area contributed by atoms with E-state index in [-0.39, 0.29) is 11.5 Å². The van der Waals surface area contributed by atoms with E-state index in [1.165, 1.54) is 4.57 Å². The van der Waals surface area contributed by atoms with Gasteiger partial charge in [-0.2, -0.15) is 0 Å². The molecule has 7 heteroatoms. The number of rotatable bonds is 5. The number of halogens is 2. The Bertz CT molecular complexity index is 1070. The van der Waals surface area contributed by atoms with Crippen molar-refractivity contribution in [2.24, 2.45) is 7.05 Å². The van der Waals surface area contributed by atoms with Gasteiger partial charge in [-0.15, -0.1) is 11.6 Å². The normalized spacial score (nSPS) is 13.3. The number of likely N-dealkylation sites (N-methyl/N-ethyl adjacent to an activating group) is 1. The van der Waals surface area contributed by atoms with Crippen LogP contribution >= 0.6 is 23.2 Å². The topological polar surface area (TPSA) is 55.2 Å². The quantitative estimate of drug-likeness (QED) is 0.575. The maximum atomic E-state index is 13.1. The summed E-state index contributed by atoms with van der Waals surface area (Å²) in [6.45, 7) is 4.16. The highest BCUT2D eigenvalue weighted by molar-refractivity contribution is 6.31. The van der Waals surface area contributed by atoms with Crippen molar-refractivity contribution in [2.75, 3.05) is 6.54 Å². The first-order valence-corrected chi connectivity index (χ1v) is 9.82. The third-order valence-corrected chi connectivity index (χ3v) is 5.52. The number of carbonyl (C=O) groups is 1. The SMILES string of the molecule is CCN(C(=O)C(Cl)c1ccccc1)C(C)c1nc2ccc(Cl)cc2c(=O)n1C. The Kier molecular flexibility index (Phi) is 6.06. The summed E-state index contributed by atoms with van der Waals surface area (Å²) in [5.74, 6) is 0.264. The first-order chi connectivity index (χ1) is 13.3. The third kappa shape index (κ3) is 3.77. The molecular weight excluding hydrogens is 397 g/mol. The molecule has 0 bridgehead atoms. The standard InChI is InChI=1S/C21H21Cl2N3O2/c1-4-26(21(28)18(23)14-8-6-5-7-9-14)13(2)19-24-17-11-10-15(22)12-16(17)20(27)25(19)3/h5-13,18H,4H2,1-3H3. The molecule has 2 atom stereocenters. The van der Waals surface area contributed by atoms with Crippen LogP contribution in [-0.2, 0) is 11.8 Å². The first-order valence-electron chi connectivity index (χ1n) is 9.00. The maximum Gasteiger partial charge on any atom is 0.261 e. The molecule has 0 aliphatic heterocycles. The molecule has 0 saturated heterocycles. The van der Waals surface area contributed by atoms with Crippen molar-refractivity contribution in [1.82, 2.24) is 14.5 Å². The van der Waals surface area contributed by atoms with Gasteiger partial charge in [-0.25, -0.2) is 4.98 Å². The third-order valence-electron chi connectivity index (χ3n) is 4.85. The van der Waals surface area contributed by atoms with Gasteiger partial charge < -0.3 is 4.90 Å². The van der Waals surface area contributed by atoms with E-state index in [1.54, 1.807) is 30.1 Å². The van der Waals surface area contributed by atoms with Crippen molar-refractivity contribution >= 4 is 40.0 Å². The van der Waals surface area contributed by atoms with Gasteiger partial charge in [-0.3, -0.25) is 14.2 Å². The lowest BCUT2D eigenvalue weighted by atomic mass is 10.1. The summed E-state index contributed by atoms with van der Waals surface area (Å²) in [6.07, 6.45) is 0. The summed E-state index contributed by atoms with van der Waals surface area (Å²) in [4.78, 5) is 32.1. The summed E-state index contributed by atoms with van der Waals surface area (Å²) < 4.78 is 1.46. The second-order valence-corrected chi connectivity index (χ2v) is 7.44. The lowest BCUT2D eigenvalue weighted by molar-refractivity contribution is -0.133. The Labute approximate surface area is 173 Å². The number of fused-ring (bicyclic) bond motifs is 1. The second kappa shape index (κ2) is 8.33. The van der Waals surface area contributed by atoms with Crippen molar-refractivity contribution in [3.63, 3.8) is 0 Å². The number of benzene rings is 2. The van der Waals surface area contributed by atoms with Gasteiger partial charge in [-0.1, -0.05) is 41.9 Å². The smallest absolute Gasteiger partial charge is 0.261 e. The van der Waals surface area contributed by atoms with Gasteiger partial charge in [0.15, 0.2) is 0 Å². The van der Waals surface area contributed by atoms with E-state index in [9.17, 15) is 9.59 Å². The maximum absolute atomic E-state index is 13.1. The predicted octanol–water partition coefficient (Wildman–Crippen LogP) is 4.48.